The molecule has 0 atom stereocenters. The molecule has 0 aliphatic carbocycles. The van der Waals surface area contributed by atoms with E-state index in [9.17, 15) is 0 Å². The van der Waals surface area contributed by atoms with Gasteiger partial charge >= 0.3 is 0 Å². The molecule has 0 unspecified atom stereocenters. The van der Waals surface area contributed by atoms with Gasteiger partial charge < -0.3 is 5.73 Å². The smallest absolute Gasteiger partial charge is 0.221 e. The van der Waals surface area contributed by atoms with Crippen molar-refractivity contribution in [3.05, 3.63) is 48.5 Å². The third-order valence-electron chi connectivity index (χ3n) is 2.99. The molecule has 0 amide bonds. The van der Waals surface area contributed by atoms with Crippen LogP contribution in [0.1, 0.15) is 0 Å². The summed E-state index contributed by atoms with van der Waals surface area (Å²) in [5.41, 5.74) is 7.74. The fourth-order valence-corrected chi connectivity index (χ4v) is 2.55. The predicted octanol–water partition coefficient (Wildman–Crippen LogP) is 4.02. The summed E-state index contributed by atoms with van der Waals surface area (Å²) in [6.45, 7) is 0. The van der Waals surface area contributed by atoms with Crippen LogP contribution in [-0.4, -0.2) is 16.2 Å². The van der Waals surface area contributed by atoms with Gasteiger partial charge in [0.1, 0.15) is 5.03 Å². The first-order valence-electron chi connectivity index (χ1n) is 5.94. The van der Waals surface area contributed by atoms with E-state index in [2.05, 4.69) is 34.2 Å². The van der Waals surface area contributed by atoms with E-state index in [4.69, 9.17) is 5.73 Å². The Hall–Kier alpha value is -1.78. The van der Waals surface area contributed by atoms with Crippen molar-refractivity contribution in [3.8, 4) is 11.3 Å². The molecule has 0 saturated heterocycles. The van der Waals surface area contributed by atoms with Crippen LogP contribution < -0.4 is 5.73 Å². The third kappa shape index (κ3) is 2.71. The van der Waals surface area contributed by atoms with Gasteiger partial charge in [-0.05, 0) is 23.1 Å². The summed E-state index contributed by atoms with van der Waals surface area (Å²) in [7, 11) is 0. The third-order valence-corrected chi connectivity index (χ3v) is 3.62. The van der Waals surface area contributed by atoms with Crippen LogP contribution >= 0.6 is 24.2 Å². The van der Waals surface area contributed by atoms with Gasteiger partial charge in [0, 0.05) is 5.56 Å². The van der Waals surface area contributed by atoms with Crippen molar-refractivity contribution in [3.63, 3.8) is 0 Å². The lowest BCUT2D eigenvalue weighted by molar-refractivity contribution is 1.07. The average molecular weight is 304 g/mol. The van der Waals surface area contributed by atoms with E-state index in [-0.39, 0.29) is 12.4 Å². The maximum atomic E-state index is 5.78. The minimum atomic E-state index is 0. The number of rotatable bonds is 2. The van der Waals surface area contributed by atoms with Crippen molar-refractivity contribution in [2.24, 2.45) is 0 Å². The van der Waals surface area contributed by atoms with Gasteiger partial charge in [-0.2, -0.15) is 0 Å². The van der Waals surface area contributed by atoms with Crippen molar-refractivity contribution in [2.45, 2.75) is 5.03 Å². The topological polar surface area (TPSA) is 51.8 Å². The van der Waals surface area contributed by atoms with Crippen molar-refractivity contribution in [2.75, 3.05) is 12.0 Å². The minimum absolute atomic E-state index is 0. The molecule has 2 N–H and O–H groups in total. The number of fused-ring (bicyclic) bond motifs is 1. The number of thioether (sulfide) groups is 1. The molecular formula is C15H14ClN3S. The fraction of sp³-hybridized carbons (Fsp3) is 0.0667. The minimum Gasteiger partial charge on any atom is -0.368 e. The molecule has 0 fully saturated rings. The van der Waals surface area contributed by atoms with Gasteiger partial charge in [-0.1, -0.05) is 42.5 Å². The molecule has 102 valence electrons. The van der Waals surface area contributed by atoms with Crippen LogP contribution in [0.5, 0.6) is 0 Å². The monoisotopic (exact) mass is 303 g/mol. The van der Waals surface area contributed by atoms with E-state index >= 15 is 0 Å². The zero-order valence-corrected chi connectivity index (χ0v) is 12.5. The van der Waals surface area contributed by atoms with Gasteiger partial charge in [-0.25, -0.2) is 9.97 Å². The number of nitrogens with zero attached hydrogens (tertiary/aromatic N) is 2. The second kappa shape index (κ2) is 6.11. The molecule has 0 saturated carbocycles. The molecule has 1 aromatic heterocycles. The van der Waals surface area contributed by atoms with Crippen LogP contribution in [0, 0.1) is 0 Å². The second-order valence-corrected chi connectivity index (χ2v) is 5.01. The summed E-state index contributed by atoms with van der Waals surface area (Å²) >= 11 is 1.57. The lowest BCUT2D eigenvalue weighted by Gasteiger charge is -2.07. The van der Waals surface area contributed by atoms with Crippen molar-refractivity contribution in [1.82, 2.24) is 9.97 Å². The Morgan fingerprint density at radius 2 is 1.75 bits per heavy atom. The zero-order valence-electron chi connectivity index (χ0n) is 10.9. The Labute approximate surface area is 128 Å². The van der Waals surface area contributed by atoms with Crippen LogP contribution in [-0.2, 0) is 0 Å². The SMILES string of the molecule is CSc1cc(-c2cccc3ccccc23)nc(N)n1.Cl. The van der Waals surface area contributed by atoms with Gasteiger partial charge in [0.25, 0.3) is 0 Å². The first-order valence-corrected chi connectivity index (χ1v) is 7.17. The number of hydrogen-bond donors (Lipinski definition) is 1. The van der Waals surface area contributed by atoms with Crippen LogP contribution in [0.15, 0.2) is 53.6 Å². The molecule has 3 nitrogen and oxygen atoms in total. The molecule has 0 aliphatic heterocycles. The quantitative estimate of drug-likeness (QED) is 0.574. The second-order valence-electron chi connectivity index (χ2n) is 4.18. The van der Waals surface area contributed by atoms with E-state index in [0.29, 0.717) is 5.95 Å². The maximum absolute atomic E-state index is 5.78. The Balaban J connectivity index is 0.00000147. The summed E-state index contributed by atoms with van der Waals surface area (Å²) < 4.78 is 0. The molecule has 5 heteroatoms. The Morgan fingerprint density at radius 3 is 2.55 bits per heavy atom. The van der Waals surface area contributed by atoms with Gasteiger partial charge in [-0.3, -0.25) is 0 Å². The highest BCUT2D eigenvalue weighted by atomic mass is 35.5. The highest BCUT2D eigenvalue weighted by molar-refractivity contribution is 7.98. The molecule has 3 rings (SSSR count). The van der Waals surface area contributed by atoms with E-state index in [1.165, 1.54) is 10.8 Å². The summed E-state index contributed by atoms with van der Waals surface area (Å²) in [5.74, 6) is 0.315. The lowest BCUT2D eigenvalue weighted by Crippen LogP contribution is -1.98. The number of halogens is 1. The molecule has 2 aromatic carbocycles. The lowest BCUT2D eigenvalue weighted by atomic mass is 10.0. The summed E-state index contributed by atoms with van der Waals surface area (Å²) in [4.78, 5) is 8.54. The molecule has 0 radical (unpaired) electrons. The number of nitrogen functional groups attached to an aromatic ring is 1. The Kier molecular flexibility index (Phi) is 4.47. The van der Waals surface area contributed by atoms with Crippen LogP contribution in [0.2, 0.25) is 0 Å². The van der Waals surface area contributed by atoms with Crippen molar-refractivity contribution >= 4 is 40.9 Å². The number of aromatic nitrogens is 2. The number of anilines is 1. The summed E-state index contributed by atoms with van der Waals surface area (Å²) in [6, 6.07) is 16.4. The Morgan fingerprint density at radius 1 is 1.00 bits per heavy atom. The number of hydrogen-bond acceptors (Lipinski definition) is 4. The fourth-order valence-electron chi connectivity index (χ4n) is 2.13. The first-order chi connectivity index (χ1) is 9.28. The summed E-state index contributed by atoms with van der Waals surface area (Å²) in [6.07, 6.45) is 1.98. The summed E-state index contributed by atoms with van der Waals surface area (Å²) in [5, 5.41) is 3.26. The van der Waals surface area contributed by atoms with E-state index < -0.39 is 0 Å². The van der Waals surface area contributed by atoms with Gasteiger partial charge in [-0.15, -0.1) is 24.2 Å². The van der Waals surface area contributed by atoms with Crippen LogP contribution in [0.25, 0.3) is 22.0 Å². The molecular weight excluding hydrogens is 290 g/mol. The highest BCUT2D eigenvalue weighted by Crippen LogP contribution is 2.29. The molecule has 3 aromatic rings. The number of benzene rings is 2. The Bertz CT molecular complexity index is 741. The average Bonchev–Trinajstić information content (AvgIpc) is 2.46. The predicted molar refractivity (Wildman–Crippen MR) is 88.4 cm³/mol. The van der Waals surface area contributed by atoms with E-state index in [1.807, 2.05) is 30.5 Å². The van der Waals surface area contributed by atoms with Gasteiger partial charge in [0.15, 0.2) is 0 Å². The first kappa shape index (κ1) is 14.6. The van der Waals surface area contributed by atoms with Crippen LogP contribution in [0.4, 0.5) is 5.95 Å². The molecule has 0 aliphatic rings. The normalized spacial score (nSPS) is 10.2. The maximum Gasteiger partial charge on any atom is 0.221 e. The van der Waals surface area contributed by atoms with Crippen molar-refractivity contribution < 1.29 is 0 Å². The number of nitrogens with two attached hydrogens (primary N) is 1. The molecule has 0 spiro atoms. The standard InChI is InChI=1S/C15H13N3S.ClH/c1-19-14-9-13(17-15(16)18-14)12-8-4-6-10-5-2-3-7-11(10)12;/h2-9H,1H3,(H2,16,17,18);1H. The molecule has 0 bridgehead atoms. The van der Waals surface area contributed by atoms with E-state index in [0.717, 1.165) is 16.3 Å². The van der Waals surface area contributed by atoms with Crippen LogP contribution in [0.3, 0.4) is 0 Å². The van der Waals surface area contributed by atoms with Gasteiger partial charge in [0.05, 0.1) is 5.69 Å². The zero-order chi connectivity index (χ0) is 13.2. The molecule has 1 heterocycles. The van der Waals surface area contributed by atoms with E-state index in [1.54, 1.807) is 11.8 Å². The molecule has 20 heavy (non-hydrogen) atoms. The van der Waals surface area contributed by atoms with Crippen molar-refractivity contribution in [1.29, 1.82) is 0 Å². The van der Waals surface area contributed by atoms with Gasteiger partial charge in [0.2, 0.25) is 5.95 Å². The largest absolute Gasteiger partial charge is 0.368 e. The highest BCUT2D eigenvalue weighted by Gasteiger charge is 2.07.